The van der Waals surface area contributed by atoms with Crippen molar-refractivity contribution >= 4 is 23.9 Å². The number of rotatable bonds is 7. The van der Waals surface area contributed by atoms with Gasteiger partial charge in [0.05, 0.1) is 13.5 Å². The Bertz CT molecular complexity index is 326. The van der Waals surface area contributed by atoms with Gasteiger partial charge in [-0.3, -0.25) is 14.4 Å². The zero-order valence-corrected chi connectivity index (χ0v) is 9.71. The van der Waals surface area contributed by atoms with Crippen molar-refractivity contribution in [3.05, 3.63) is 0 Å². The van der Waals surface area contributed by atoms with Gasteiger partial charge in [0.1, 0.15) is 13.1 Å². The second kappa shape index (κ2) is 7.87. The SMILES string of the molecule is COC(=O)CCNC(=O)N(CC(=O)O)CC(=O)O. The van der Waals surface area contributed by atoms with Crippen LogP contribution >= 0.6 is 0 Å². The van der Waals surface area contributed by atoms with E-state index in [1.54, 1.807) is 0 Å². The number of methoxy groups -OCH3 is 1. The predicted molar refractivity (Wildman–Crippen MR) is 56.9 cm³/mol. The van der Waals surface area contributed by atoms with Gasteiger partial charge in [-0.1, -0.05) is 0 Å². The van der Waals surface area contributed by atoms with E-state index >= 15 is 0 Å². The van der Waals surface area contributed by atoms with Crippen molar-refractivity contribution in [3.63, 3.8) is 0 Å². The summed E-state index contributed by atoms with van der Waals surface area (Å²) in [4.78, 5) is 43.6. The Kier molecular flexibility index (Phi) is 6.86. The Morgan fingerprint density at radius 1 is 1.11 bits per heavy atom. The molecule has 0 atom stereocenters. The molecular weight excluding hydrogens is 248 g/mol. The number of amides is 2. The summed E-state index contributed by atoms with van der Waals surface area (Å²) in [5.74, 6) is -3.21. The fraction of sp³-hybridized carbons (Fsp3) is 0.556. The first kappa shape index (κ1) is 15.7. The lowest BCUT2D eigenvalue weighted by atomic mass is 10.4. The average Bonchev–Trinajstić information content (AvgIpc) is 2.26. The minimum Gasteiger partial charge on any atom is -0.480 e. The molecule has 0 bridgehead atoms. The highest BCUT2D eigenvalue weighted by Crippen LogP contribution is 1.91. The third kappa shape index (κ3) is 7.04. The maximum Gasteiger partial charge on any atom is 0.323 e. The quantitative estimate of drug-likeness (QED) is 0.487. The molecule has 9 nitrogen and oxygen atoms in total. The second-order valence-corrected chi connectivity index (χ2v) is 3.20. The summed E-state index contributed by atoms with van der Waals surface area (Å²) in [6, 6.07) is -0.872. The summed E-state index contributed by atoms with van der Waals surface area (Å²) in [6.07, 6.45) is -0.0871. The number of hydrogen-bond acceptors (Lipinski definition) is 5. The minimum absolute atomic E-state index is 0.0682. The van der Waals surface area contributed by atoms with Crippen molar-refractivity contribution in [1.29, 1.82) is 0 Å². The third-order valence-corrected chi connectivity index (χ3v) is 1.77. The standard InChI is InChI=1S/C9H14N2O7/c1-18-8(16)2-3-10-9(17)11(4-6(12)13)5-7(14)15/h2-5H2,1H3,(H,10,17)(H,12,13)(H,14,15). The molecule has 0 aliphatic rings. The number of nitrogens with one attached hydrogen (secondary N) is 1. The summed E-state index contributed by atoms with van der Waals surface area (Å²) in [7, 11) is 1.19. The maximum absolute atomic E-state index is 11.4. The molecule has 2 amide bonds. The van der Waals surface area contributed by atoms with Crippen molar-refractivity contribution in [3.8, 4) is 0 Å². The van der Waals surface area contributed by atoms with Crippen LogP contribution in [-0.2, 0) is 19.1 Å². The monoisotopic (exact) mass is 262 g/mol. The van der Waals surface area contributed by atoms with Crippen molar-refractivity contribution in [1.82, 2.24) is 10.2 Å². The summed E-state index contributed by atoms with van der Waals surface area (Å²) in [5, 5.41) is 19.2. The van der Waals surface area contributed by atoms with Crippen molar-refractivity contribution in [2.75, 3.05) is 26.7 Å². The molecule has 0 radical (unpaired) electrons. The van der Waals surface area contributed by atoms with Crippen LogP contribution in [0.25, 0.3) is 0 Å². The number of esters is 1. The van der Waals surface area contributed by atoms with Crippen LogP contribution in [-0.4, -0.2) is 65.8 Å². The summed E-state index contributed by atoms with van der Waals surface area (Å²) in [6.45, 7) is -1.55. The topological polar surface area (TPSA) is 133 Å². The van der Waals surface area contributed by atoms with E-state index in [9.17, 15) is 19.2 Å². The van der Waals surface area contributed by atoms with Gasteiger partial charge in [0.2, 0.25) is 0 Å². The fourth-order valence-corrected chi connectivity index (χ4v) is 1.01. The third-order valence-electron chi connectivity index (χ3n) is 1.77. The first-order valence-electron chi connectivity index (χ1n) is 4.90. The number of nitrogens with zero attached hydrogens (tertiary/aromatic N) is 1. The van der Waals surface area contributed by atoms with Crippen LogP contribution in [0.5, 0.6) is 0 Å². The molecule has 9 heteroatoms. The Morgan fingerprint density at radius 3 is 2.00 bits per heavy atom. The highest BCUT2D eigenvalue weighted by Gasteiger charge is 2.19. The van der Waals surface area contributed by atoms with Gasteiger partial charge in [0.15, 0.2) is 0 Å². The van der Waals surface area contributed by atoms with Gasteiger partial charge in [0.25, 0.3) is 0 Å². The molecule has 0 aliphatic carbocycles. The van der Waals surface area contributed by atoms with Gasteiger partial charge in [-0.25, -0.2) is 4.79 Å². The number of carbonyl (C=O) groups excluding carboxylic acids is 2. The number of hydrogen-bond donors (Lipinski definition) is 3. The van der Waals surface area contributed by atoms with E-state index in [-0.39, 0.29) is 13.0 Å². The van der Waals surface area contributed by atoms with E-state index in [1.165, 1.54) is 7.11 Å². The van der Waals surface area contributed by atoms with Crippen LogP contribution in [0.1, 0.15) is 6.42 Å². The largest absolute Gasteiger partial charge is 0.480 e. The molecule has 18 heavy (non-hydrogen) atoms. The van der Waals surface area contributed by atoms with Crippen molar-refractivity contribution < 1.29 is 34.1 Å². The minimum atomic E-state index is -1.33. The van der Waals surface area contributed by atoms with Gasteiger partial charge >= 0.3 is 23.9 Å². The molecule has 0 saturated heterocycles. The van der Waals surface area contributed by atoms with Crippen LogP contribution in [0.15, 0.2) is 0 Å². The van der Waals surface area contributed by atoms with E-state index in [0.717, 1.165) is 0 Å². The van der Waals surface area contributed by atoms with Crippen LogP contribution in [0.4, 0.5) is 4.79 Å². The molecule has 0 aliphatic heterocycles. The van der Waals surface area contributed by atoms with Crippen molar-refractivity contribution in [2.45, 2.75) is 6.42 Å². The number of carbonyl (C=O) groups is 4. The number of ether oxygens (including phenoxy) is 1. The first-order chi connectivity index (χ1) is 8.36. The molecule has 0 unspecified atom stereocenters. The second-order valence-electron chi connectivity index (χ2n) is 3.20. The smallest absolute Gasteiger partial charge is 0.323 e. The average molecular weight is 262 g/mol. The zero-order valence-electron chi connectivity index (χ0n) is 9.71. The Hall–Kier alpha value is -2.32. The van der Waals surface area contributed by atoms with Crippen LogP contribution in [0.3, 0.4) is 0 Å². The molecule has 0 saturated carbocycles. The molecule has 0 fully saturated rings. The van der Waals surface area contributed by atoms with Crippen LogP contribution in [0.2, 0.25) is 0 Å². The number of urea groups is 1. The lowest BCUT2D eigenvalue weighted by Crippen LogP contribution is -2.45. The van der Waals surface area contributed by atoms with Gasteiger partial charge in [-0.15, -0.1) is 0 Å². The molecule has 0 spiro atoms. The number of aliphatic carboxylic acids is 2. The molecular formula is C9H14N2O7. The predicted octanol–water partition coefficient (Wildman–Crippen LogP) is -1.27. The van der Waals surface area contributed by atoms with E-state index in [1.807, 2.05) is 0 Å². The fourth-order valence-electron chi connectivity index (χ4n) is 1.01. The first-order valence-corrected chi connectivity index (χ1v) is 4.90. The molecule has 0 rings (SSSR count). The Labute approximate surface area is 102 Å². The van der Waals surface area contributed by atoms with Gasteiger partial charge < -0.3 is 25.2 Å². The Balaban J connectivity index is 4.24. The molecule has 102 valence electrons. The van der Waals surface area contributed by atoms with E-state index in [4.69, 9.17) is 10.2 Å². The van der Waals surface area contributed by atoms with Crippen LogP contribution < -0.4 is 5.32 Å². The van der Waals surface area contributed by atoms with Gasteiger partial charge in [0, 0.05) is 6.54 Å². The van der Waals surface area contributed by atoms with E-state index in [2.05, 4.69) is 10.1 Å². The normalized spacial score (nSPS) is 9.39. The van der Waals surface area contributed by atoms with E-state index in [0.29, 0.717) is 4.90 Å². The van der Waals surface area contributed by atoms with Crippen LogP contribution in [0, 0.1) is 0 Å². The molecule has 0 aromatic rings. The van der Waals surface area contributed by atoms with Gasteiger partial charge in [-0.05, 0) is 0 Å². The molecule has 3 N–H and O–H groups in total. The summed E-state index contributed by atoms with van der Waals surface area (Å²) >= 11 is 0. The van der Waals surface area contributed by atoms with E-state index < -0.39 is 37.0 Å². The molecule has 0 aromatic carbocycles. The highest BCUT2D eigenvalue weighted by molar-refractivity contribution is 5.84. The number of carboxylic acid groups (broad SMARTS) is 2. The molecule has 0 aromatic heterocycles. The number of carboxylic acids is 2. The Morgan fingerprint density at radius 2 is 1.61 bits per heavy atom. The lowest BCUT2D eigenvalue weighted by Gasteiger charge is -2.18. The highest BCUT2D eigenvalue weighted by atomic mass is 16.5. The summed E-state index contributed by atoms with van der Waals surface area (Å²) < 4.78 is 4.33. The van der Waals surface area contributed by atoms with Crippen molar-refractivity contribution in [2.24, 2.45) is 0 Å². The zero-order chi connectivity index (χ0) is 14.1. The van der Waals surface area contributed by atoms with Gasteiger partial charge in [-0.2, -0.15) is 0 Å². The molecule has 0 heterocycles. The summed E-state index contributed by atoms with van der Waals surface area (Å²) in [5.41, 5.74) is 0. The lowest BCUT2D eigenvalue weighted by molar-refractivity contribution is -0.142. The maximum atomic E-state index is 11.4.